The highest BCUT2D eigenvalue weighted by Gasteiger charge is 2.13. The van der Waals surface area contributed by atoms with Gasteiger partial charge < -0.3 is 4.52 Å². The summed E-state index contributed by atoms with van der Waals surface area (Å²) in [7, 11) is 0. The number of hydrogen-bond acceptors (Lipinski definition) is 4. The Morgan fingerprint density at radius 1 is 0.962 bits per heavy atom. The van der Waals surface area contributed by atoms with E-state index in [4.69, 9.17) is 4.52 Å². The van der Waals surface area contributed by atoms with E-state index in [1.807, 2.05) is 29.1 Å². The topological polar surface area (TPSA) is 56.7 Å². The van der Waals surface area contributed by atoms with Gasteiger partial charge in [0, 0.05) is 22.6 Å². The van der Waals surface area contributed by atoms with E-state index in [9.17, 15) is 0 Å². The van der Waals surface area contributed by atoms with Gasteiger partial charge >= 0.3 is 0 Å². The minimum Gasteiger partial charge on any atom is -0.334 e. The first-order chi connectivity index (χ1) is 12.5. The second-order valence-corrected chi connectivity index (χ2v) is 7.16. The molecular weight excluding hydrogens is 324 g/mol. The van der Waals surface area contributed by atoms with Gasteiger partial charge in [-0.3, -0.25) is 4.68 Å². The Bertz CT molecular complexity index is 1060. The number of benzene rings is 2. The van der Waals surface area contributed by atoms with Crippen molar-refractivity contribution < 1.29 is 4.52 Å². The highest BCUT2D eigenvalue weighted by Crippen LogP contribution is 2.27. The molecule has 0 amide bonds. The van der Waals surface area contributed by atoms with Crippen LogP contribution in [-0.2, 0) is 0 Å². The lowest BCUT2D eigenvalue weighted by Crippen LogP contribution is -2.01. The van der Waals surface area contributed by atoms with Gasteiger partial charge in [0.2, 0.25) is 5.82 Å². The molecule has 2 aromatic heterocycles. The SMILES string of the molecule is CC(C)c1cccc(-c2nc(-c3ccc4c(cnn4C(C)C)c3)no2)c1. The quantitative estimate of drug-likeness (QED) is 0.492. The fourth-order valence-corrected chi connectivity index (χ4v) is 3.09. The average Bonchev–Trinajstić information content (AvgIpc) is 3.28. The van der Waals surface area contributed by atoms with Crippen LogP contribution in [0.3, 0.4) is 0 Å². The summed E-state index contributed by atoms with van der Waals surface area (Å²) < 4.78 is 7.53. The molecule has 5 nitrogen and oxygen atoms in total. The van der Waals surface area contributed by atoms with Gasteiger partial charge in [0.25, 0.3) is 5.89 Å². The molecule has 4 rings (SSSR count). The molecule has 0 saturated carbocycles. The highest BCUT2D eigenvalue weighted by atomic mass is 16.5. The van der Waals surface area contributed by atoms with Crippen molar-refractivity contribution in [2.45, 2.75) is 39.7 Å². The van der Waals surface area contributed by atoms with Gasteiger partial charge in [-0.2, -0.15) is 10.1 Å². The van der Waals surface area contributed by atoms with E-state index in [0.717, 1.165) is 22.0 Å². The van der Waals surface area contributed by atoms with E-state index < -0.39 is 0 Å². The lowest BCUT2D eigenvalue weighted by Gasteiger charge is -2.06. The Hall–Kier alpha value is -2.95. The molecule has 0 spiro atoms. The molecule has 0 aliphatic carbocycles. The second-order valence-electron chi connectivity index (χ2n) is 7.16. The molecule has 0 radical (unpaired) electrons. The highest BCUT2D eigenvalue weighted by molar-refractivity contribution is 5.83. The van der Waals surface area contributed by atoms with Crippen molar-refractivity contribution in [1.29, 1.82) is 0 Å². The standard InChI is InChI=1S/C21H22N4O/c1-13(2)15-6-5-7-17(10-15)21-23-20(24-26-21)16-8-9-19-18(11-16)12-22-25(19)14(3)4/h5-14H,1-4H3. The third-order valence-electron chi connectivity index (χ3n) is 4.57. The minimum absolute atomic E-state index is 0.323. The molecule has 0 fully saturated rings. The molecule has 132 valence electrons. The van der Waals surface area contributed by atoms with Crippen molar-refractivity contribution in [3.63, 3.8) is 0 Å². The Balaban J connectivity index is 1.70. The van der Waals surface area contributed by atoms with Crippen molar-refractivity contribution in [3.8, 4) is 22.8 Å². The zero-order chi connectivity index (χ0) is 18.3. The lowest BCUT2D eigenvalue weighted by atomic mass is 10.0. The molecule has 0 N–H and O–H groups in total. The molecule has 0 bridgehead atoms. The third kappa shape index (κ3) is 2.90. The largest absolute Gasteiger partial charge is 0.334 e. The Kier molecular flexibility index (Phi) is 4.07. The smallest absolute Gasteiger partial charge is 0.258 e. The summed E-state index contributed by atoms with van der Waals surface area (Å²) in [6.07, 6.45) is 1.88. The van der Waals surface area contributed by atoms with Gasteiger partial charge in [0.1, 0.15) is 0 Å². The number of fused-ring (bicyclic) bond motifs is 1. The number of hydrogen-bond donors (Lipinski definition) is 0. The maximum absolute atomic E-state index is 5.51. The Morgan fingerprint density at radius 3 is 2.58 bits per heavy atom. The van der Waals surface area contributed by atoms with Gasteiger partial charge in [-0.25, -0.2) is 0 Å². The average molecular weight is 346 g/mol. The van der Waals surface area contributed by atoms with E-state index in [1.54, 1.807) is 0 Å². The van der Waals surface area contributed by atoms with E-state index in [1.165, 1.54) is 5.56 Å². The third-order valence-corrected chi connectivity index (χ3v) is 4.57. The van der Waals surface area contributed by atoms with Gasteiger partial charge in [0.05, 0.1) is 11.7 Å². The molecule has 2 aromatic carbocycles. The van der Waals surface area contributed by atoms with Gasteiger partial charge in [-0.15, -0.1) is 0 Å². The summed E-state index contributed by atoms with van der Waals surface area (Å²) in [4.78, 5) is 4.59. The summed E-state index contributed by atoms with van der Waals surface area (Å²) in [6, 6.07) is 14.7. The van der Waals surface area contributed by atoms with Crippen LogP contribution in [0.4, 0.5) is 0 Å². The van der Waals surface area contributed by atoms with Crippen molar-refractivity contribution in [2.75, 3.05) is 0 Å². The fraction of sp³-hybridized carbons (Fsp3) is 0.286. The van der Waals surface area contributed by atoms with Crippen LogP contribution in [0.1, 0.15) is 45.2 Å². The van der Waals surface area contributed by atoms with Crippen LogP contribution < -0.4 is 0 Å². The van der Waals surface area contributed by atoms with E-state index in [-0.39, 0.29) is 0 Å². The van der Waals surface area contributed by atoms with Crippen LogP contribution >= 0.6 is 0 Å². The summed E-state index contributed by atoms with van der Waals surface area (Å²) in [5.41, 5.74) is 4.24. The summed E-state index contributed by atoms with van der Waals surface area (Å²) in [6.45, 7) is 8.59. The Morgan fingerprint density at radius 2 is 1.81 bits per heavy atom. The molecule has 5 heteroatoms. The summed E-state index contributed by atoms with van der Waals surface area (Å²) >= 11 is 0. The number of aromatic nitrogens is 4. The predicted molar refractivity (Wildman–Crippen MR) is 103 cm³/mol. The summed E-state index contributed by atoms with van der Waals surface area (Å²) in [5, 5.41) is 9.71. The van der Waals surface area contributed by atoms with Crippen LogP contribution in [0.15, 0.2) is 53.2 Å². The van der Waals surface area contributed by atoms with Crippen LogP contribution in [0.25, 0.3) is 33.7 Å². The zero-order valence-electron chi connectivity index (χ0n) is 15.5. The first-order valence-electron chi connectivity index (χ1n) is 8.94. The zero-order valence-corrected chi connectivity index (χ0v) is 15.5. The minimum atomic E-state index is 0.323. The maximum atomic E-state index is 5.51. The van der Waals surface area contributed by atoms with Crippen LogP contribution in [0.5, 0.6) is 0 Å². The fourth-order valence-electron chi connectivity index (χ4n) is 3.09. The van der Waals surface area contributed by atoms with Crippen molar-refractivity contribution >= 4 is 10.9 Å². The van der Waals surface area contributed by atoms with E-state index >= 15 is 0 Å². The van der Waals surface area contributed by atoms with Gasteiger partial charge in [0.15, 0.2) is 0 Å². The molecule has 2 heterocycles. The first kappa shape index (κ1) is 16.5. The van der Waals surface area contributed by atoms with E-state index in [2.05, 4.69) is 67.2 Å². The molecule has 26 heavy (non-hydrogen) atoms. The van der Waals surface area contributed by atoms with Crippen molar-refractivity contribution in [3.05, 3.63) is 54.2 Å². The van der Waals surface area contributed by atoms with Gasteiger partial charge in [-0.1, -0.05) is 31.1 Å². The molecule has 0 aliphatic rings. The van der Waals surface area contributed by atoms with Crippen molar-refractivity contribution in [2.24, 2.45) is 0 Å². The molecular formula is C21H22N4O. The molecule has 0 aliphatic heterocycles. The second kappa shape index (κ2) is 6.41. The molecule has 0 saturated heterocycles. The van der Waals surface area contributed by atoms with E-state index in [0.29, 0.717) is 23.7 Å². The van der Waals surface area contributed by atoms with Crippen molar-refractivity contribution in [1.82, 2.24) is 19.9 Å². The number of rotatable bonds is 4. The molecule has 0 atom stereocenters. The predicted octanol–water partition coefficient (Wildman–Crippen LogP) is 5.46. The lowest BCUT2D eigenvalue weighted by molar-refractivity contribution is 0.432. The normalized spacial score (nSPS) is 11.8. The summed E-state index contributed by atoms with van der Waals surface area (Å²) in [5.74, 6) is 1.59. The molecule has 4 aromatic rings. The molecule has 0 unspecified atom stereocenters. The first-order valence-corrected chi connectivity index (χ1v) is 8.94. The van der Waals surface area contributed by atoms with Gasteiger partial charge in [-0.05, 0) is 55.7 Å². The van der Waals surface area contributed by atoms with Crippen LogP contribution in [-0.4, -0.2) is 19.9 Å². The van der Waals surface area contributed by atoms with Crippen LogP contribution in [0.2, 0.25) is 0 Å². The maximum Gasteiger partial charge on any atom is 0.258 e. The monoisotopic (exact) mass is 346 g/mol. The Labute approximate surface area is 152 Å². The number of nitrogens with zero attached hydrogens (tertiary/aromatic N) is 4. The van der Waals surface area contributed by atoms with Crippen LogP contribution in [0, 0.1) is 0 Å².